The van der Waals surface area contributed by atoms with Gasteiger partial charge in [0.15, 0.2) is 0 Å². The van der Waals surface area contributed by atoms with E-state index in [1.54, 1.807) is 0 Å². The van der Waals surface area contributed by atoms with Gasteiger partial charge < -0.3 is 10.5 Å². The third-order valence-corrected chi connectivity index (χ3v) is 4.24. The number of benzene rings is 1. The van der Waals surface area contributed by atoms with Crippen LogP contribution in [-0.2, 0) is 13.2 Å². The van der Waals surface area contributed by atoms with Gasteiger partial charge in [0.2, 0.25) is 0 Å². The largest absolute Gasteiger partial charge is 0.487 e. The Balaban J connectivity index is 2.15. The zero-order valence-electron chi connectivity index (χ0n) is 12.1. The van der Waals surface area contributed by atoms with Crippen molar-refractivity contribution in [1.29, 1.82) is 0 Å². The Morgan fingerprint density at radius 3 is 2.85 bits per heavy atom. The molecule has 20 heavy (non-hydrogen) atoms. The van der Waals surface area contributed by atoms with Crippen LogP contribution in [0.3, 0.4) is 0 Å². The molecule has 2 N–H and O–H groups in total. The monoisotopic (exact) mass is 337 g/mol. The van der Waals surface area contributed by atoms with Crippen molar-refractivity contribution in [2.45, 2.75) is 40.0 Å². The van der Waals surface area contributed by atoms with E-state index >= 15 is 0 Å². The van der Waals surface area contributed by atoms with Gasteiger partial charge >= 0.3 is 0 Å². The van der Waals surface area contributed by atoms with E-state index in [1.165, 1.54) is 0 Å². The highest BCUT2D eigenvalue weighted by atomic mass is 79.9. The summed E-state index contributed by atoms with van der Waals surface area (Å²) in [5.41, 5.74) is 8.99. The standard InChI is InChI=1S/C15H20BrN3O/c1-4-19-14(15(16)11(3)18-19)9-20-13-7-5-6-12(8-13)10(2)17/h5-8,10H,4,9,17H2,1-3H3/t10-/m1/s1. The molecule has 0 spiro atoms. The number of aryl methyl sites for hydroxylation is 2. The van der Waals surface area contributed by atoms with Crippen molar-refractivity contribution in [3.63, 3.8) is 0 Å². The fourth-order valence-corrected chi connectivity index (χ4v) is 2.44. The number of hydrogen-bond donors (Lipinski definition) is 1. The maximum Gasteiger partial charge on any atom is 0.131 e. The Hall–Kier alpha value is -1.33. The molecule has 0 saturated heterocycles. The molecule has 1 aromatic heterocycles. The fraction of sp³-hybridized carbons (Fsp3) is 0.400. The molecule has 5 heteroatoms. The van der Waals surface area contributed by atoms with Gasteiger partial charge in [0.25, 0.3) is 0 Å². The second kappa shape index (κ2) is 6.41. The number of hydrogen-bond acceptors (Lipinski definition) is 3. The van der Waals surface area contributed by atoms with Crippen LogP contribution in [0.1, 0.15) is 36.8 Å². The quantitative estimate of drug-likeness (QED) is 0.907. The lowest BCUT2D eigenvalue weighted by molar-refractivity contribution is 0.291. The van der Waals surface area contributed by atoms with Crippen molar-refractivity contribution < 1.29 is 4.74 Å². The van der Waals surface area contributed by atoms with Crippen molar-refractivity contribution in [3.05, 3.63) is 45.7 Å². The smallest absolute Gasteiger partial charge is 0.131 e. The Labute approximate surface area is 128 Å². The first-order valence-electron chi connectivity index (χ1n) is 6.73. The molecule has 0 saturated carbocycles. The van der Waals surface area contributed by atoms with E-state index in [4.69, 9.17) is 10.5 Å². The van der Waals surface area contributed by atoms with Crippen molar-refractivity contribution >= 4 is 15.9 Å². The molecule has 0 aliphatic carbocycles. The van der Waals surface area contributed by atoms with Gasteiger partial charge in [-0.05, 0) is 54.4 Å². The number of halogens is 1. The minimum absolute atomic E-state index is 0.00806. The van der Waals surface area contributed by atoms with Gasteiger partial charge in [-0.3, -0.25) is 4.68 Å². The molecule has 1 atom stereocenters. The predicted octanol–water partition coefficient (Wildman–Crippen LogP) is 3.57. The zero-order chi connectivity index (χ0) is 14.7. The van der Waals surface area contributed by atoms with E-state index < -0.39 is 0 Å². The molecule has 2 aromatic rings. The first-order valence-corrected chi connectivity index (χ1v) is 7.52. The van der Waals surface area contributed by atoms with Crippen LogP contribution in [0, 0.1) is 6.92 Å². The lowest BCUT2D eigenvalue weighted by atomic mass is 10.1. The van der Waals surface area contributed by atoms with Crippen LogP contribution in [0.15, 0.2) is 28.7 Å². The summed E-state index contributed by atoms with van der Waals surface area (Å²) in [6, 6.07) is 7.91. The van der Waals surface area contributed by atoms with E-state index in [0.717, 1.165) is 33.7 Å². The van der Waals surface area contributed by atoms with Gasteiger partial charge in [-0.15, -0.1) is 0 Å². The molecule has 2 rings (SSSR count). The van der Waals surface area contributed by atoms with Crippen LogP contribution in [0.5, 0.6) is 5.75 Å². The molecule has 0 aliphatic heterocycles. The number of ether oxygens (including phenoxy) is 1. The van der Waals surface area contributed by atoms with Gasteiger partial charge in [-0.25, -0.2) is 0 Å². The van der Waals surface area contributed by atoms with Gasteiger partial charge in [0, 0.05) is 12.6 Å². The van der Waals surface area contributed by atoms with Crippen molar-refractivity contribution in [2.24, 2.45) is 5.73 Å². The van der Waals surface area contributed by atoms with Crippen molar-refractivity contribution in [2.75, 3.05) is 0 Å². The topological polar surface area (TPSA) is 53.1 Å². The average molecular weight is 338 g/mol. The van der Waals surface area contributed by atoms with Crippen molar-refractivity contribution in [3.8, 4) is 5.75 Å². The predicted molar refractivity (Wildman–Crippen MR) is 83.7 cm³/mol. The van der Waals surface area contributed by atoms with Crippen LogP contribution in [0.25, 0.3) is 0 Å². The Morgan fingerprint density at radius 2 is 2.20 bits per heavy atom. The van der Waals surface area contributed by atoms with Gasteiger partial charge in [0.1, 0.15) is 12.4 Å². The lowest BCUT2D eigenvalue weighted by Crippen LogP contribution is -2.08. The lowest BCUT2D eigenvalue weighted by Gasteiger charge is -2.11. The summed E-state index contributed by atoms with van der Waals surface area (Å²) in [5, 5.41) is 4.46. The summed E-state index contributed by atoms with van der Waals surface area (Å²) in [6.07, 6.45) is 0. The van der Waals surface area contributed by atoms with E-state index in [-0.39, 0.29) is 6.04 Å². The van der Waals surface area contributed by atoms with E-state index in [0.29, 0.717) is 6.61 Å². The minimum Gasteiger partial charge on any atom is -0.487 e. The Morgan fingerprint density at radius 1 is 1.45 bits per heavy atom. The summed E-state index contributed by atoms with van der Waals surface area (Å²) in [6.45, 7) is 7.32. The first kappa shape index (κ1) is 15.1. The summed E-state index contributed by atoms with van der Waals surface area (Å²) in [5.74, 6) is 0.827. The third-order valence-electron chi connectivity index (χ3n) is 3.21. The number of rotatable bonds is 5. The normalized spacial score (nSPS) is 12.4. The van der Waals surface area contributed by atoms with E-state index in [1.807, 2.05) is 42.8 Å². The molecule has 1 heterocycles. The molecular formula is C15H20BrN3O. The van der Waals surface area contributed by atoms with Gasteiger partial charge in [-0.2, -0.15) is 5.10 Å². The maximum atomic E-state index is 5.89. The van der Waals surface area contributed by atoms with Crippen LogP contribution in [0.4, 0.5) is 0 Å². The maximum absolute atomic E-state index is 5.89. The molecule has 0 radical (unpaired) electrons. The highest BCUT2D eigenvalue weighted by Gasteiger charge is 2.12. The van der Waals surface area contributed by atoms with E-state index in [9.17, 15) is 0 Å². The van der Waals surface area contributed by atoms with Crippen LogP contribution in [0.2, 0.25) is 0 Å². The zero-order valence-corrected chi connectivity index (χ0v) is 13.6. The minimum atomic E-state index is 0.00806. The second-order valence-corrected chi connectivity index (χ2v) is 5.60. The number of nitrogens with zero attached hydrogens (tertiary/aromatic N) is 2. The molecule has 4 nitrogen and oxygen atoms in total. The molecule has 0 bridgehead atoms. The fourth-order valence-electron chi connectivity index (χ4n) is 2.05. The van der Waals surface area contributed by atoms with E-state index in [2.05, 4.69) is 28.0 Å². The van der Waals surface area contributed by atoms with Gasteiger partial charge in [0.05, 0.1) is 15.9 Å². The van der Waals surface area contributed by atoms with Crippen LogP contribution < -0.4 is 10.5 Å². The highest BCUT2D eigenvalue weighted by Crippen LogP contribution is 2.24. The summed E-state index contributed by atoms with van der Waals surface area (Å²) < 4.78 is 8.84. The summed E-state index contributed by atoms with van der Waals surface area (Å²) in [7, 11) is 0. The number of aromatic nitrogens is 2. The molecular weight excluding hydrogens is 318 g/mol. The Kier molecular flexibility index (Phi) is 4.83. The third kappa shape index (κ3) is 3.22. The second-order valence-electron chi connectivity index (χ2n) is 4.81. The highest BCUT2D eigenvalue weighted by molar-refractivity contribution is 9.10. The Bertz CT molecular complexity index is 593. The first-order chi connectivity index (χ1) is 9.52. The van der Waals surface area contributed by atoms with Crippen molar-refractivity contribution in [1.82, 2.24) is 9.78 Å². The SMILES string of the molecule is CCn1nc(C)c(Br)c1COc1cccc([C@@H](C)N)c1. The van der Waals surface area contributed by atoms with Crippen LogP contribution in [-0.4, -0.2) is 9.78 Å². The molecule has 0 fully saturated rings. The molecule has 108 valence electrons. The molecule has 0 unspecified atom stereocenters. The molecule has 1 aromatic carbocycles. The molecule has 0 aliphatic rings. The average Bonchev–Trinajstić information content (AvgIpc) is 2.72. The number of nitrogens with two attached hydrogens (primary N) is 1. The summed E-state index contributed by atoms with van der Waals surface area (Å²) in [4.78, 5) is 0. The van der Waals surface area contributed by atoms with Gasteiger partial charge in [-0.1, -0.05) is 12.1 Å². The van der Waals surface area contributed by atoms with Crippen LogP contribution >= 0.6 is 15.9 Å². The summed E-state index contributed by atoms with van der Waals surface area (Å²) >= 11 is 3.57. The molecule has 0 amide bonds.